The third-order valence-corrected chi connectivity index (χ3v) is 3.55. The normalized spacial score (nSPS) is 20.6. The van der Waals surface area contributed by atoms with E-state index in [1.54, 1.807) is 0 Å². The quantitative estimate of drug-likeness (QED) is 0.932. The van der Waals surface area contributed by atoms with Crippen LogP contribution in [0.15, 0.2) is 54.6 Å². The molecule has 20 heavy (non-hydrogen) atoms. The van der Waals surface area contributed by atoms with Crippen LogP contribution in [0.2, 0.25) is 0 Å². The first-order valence-corrected chi connectivity index (χ1v) is 6.87. The summed E-state index contributed by atoms with van der Waals surface area (Å²) in [6.45, 7) is 1.60. The average Bonchev–Trinajstić information content (AvgIpc) is 2.56. The second-order valence-corrected chi connectivity index (χ2v) is 4.92. The van der Waals surface area contributed by atoms with Crippen LogP contribution in [0, 0.1) is 0 Å². The van der Waals surface area contributed by atoms with Crippen LogP contribution in [0.4, 0.5) is 0 Å². The molecule has 104 valence electrons. The van der Waals surface area contributed by atoms with Gasteiger partial charge in [-0.05, 0) is 16.7 Å². The zero-order valence-corrected chi connectivity index (χ0v) is 11.2. The summed E-state index contributed by atoms with van der Waals surface area (Å²) in [6, 6.07) is 18.1. The Morgan fingerprint density at radius 1 is 0.900 bits per heavy atom. The predicted octanol–water partition coefficient (Wildman–Crippen LogP) is 2.80. The predicted molar refractivity (Wildman–Crippen MR) is 77.4 cm³/mol. The van der Waals surface area contributed by atoms with Gasteiger partial charge in [0.1, 0.15) is 12.2 Å². The Balaban J connectivity index is 1.75. The van der Waals surface area contributed by atoms with E-state index in [9.17, 15) is 5.11 Å². The Kier molecular flexibility index (Phi) is 4.11. The molecule has 1 N–H and O–H groups in total. The van der Waals surface area contributed by atoms with Crippen LogP contribution in [0.1, 0.15) is 11.7 Å². The minimum absolute atomic E-state index is 0.272. The fourth-order valence-corrected chi connectivity index (χ4v) is 2.41. The minimum Gasteiger partial charge on any atom is -0.386 e. The van der Waals surface area contributed by atoms with E-state index in [0.717, 1.165) is 11.1 Å². The zero-order chi connectivity index (χ0) is 13.8. The fraction of sp³-hybridized carbons (Fsp3) is 0.294. The number of benzene rings is 2. The molecule has 3 heteroatoms. The van der Waals surface area contributed by atoms with Crippen molar-refractivity contribution in [3.63, 3.8) is 0 Å². The Morgan fingerprint density at radius 3 is 2.25 bits per heavy atom. The lowest BCUT2D eigenvalue weighted by Gasteiger charge is -2.27. The molecule has 1 heterocycles. The van der Waals surface area contributed by atoms with Crippen molar-refractivity contribution in [2.24, 2.45) is 0 Å². The molecule has 1 aliphatic heterocycles. The monoisotopic (exact) mass is 270 g/mol. The summed E-state index contributed by atoms with van der Waals surface area (Å²) in [5.74, 6) is 0. The number of aliphatic hydroxyl groups is 1. The lowest BCUT2D eigenvalue weighted by molar-refractivity contribution is -0.133. The van der Waals surface area contributed by atoms with Crippen molar-refractivity contribution in [2.75, 3.05) is 19.8 Å². The third-order valence-electron chi connectivity index (χ3n) is 3.55. The van der Waals surface area contributed by atoms with Crippen LogP contribution in [0.25, 0.3) is 11.1 Å². The average molecular weight is 270 g/mol. The van der Waals surface area contributed by atoms with E-state index >= 15 is 0 Å². The van der Waals surface area contributed by atoms with Crippen LogP contribution in [0.3, 0.4) is 0 Å². The molecule has 0 aliphatic carbocycles. The van der Waals surface area contributed by atoms with Crippen LogP contribution < -0.4 is 0 Å². The third kappa shape index (κ3) is 2.90. The molecule has 1 aliphatic rings. The fourth-order valence-electron chi connectivity index (χ4n) is 2.41. The second-order valence-electron chi connectivity index (χ2n) is 4.92. The van der Waals surface area contributed by atoms with Gasteiger partial charge in [0.2, 0.25) is 0 Å². The van der Waals surface area contributed by atoms with Gasteiger partial charge in [-0.25, -0.2) is 0 Å². The minimum atomic E-state index is -0.639. The first kappa shape index (κ1) is 13.3. The number of ether oxygens (including phenoxy) is 2. The summed E-state index contributed by atoms with van der Waals surface area (Å²) in [6.07, 6.45) is -0.911. The summed E-state index contributed by atoms with van der Waals surface area (Å²) in [4.78, 5) is 0. The van der Waals surface area contributed by atoms with E-state index < -0.39 is 6.10 Å². The molecular weight excluding hydrogens is 252 g/mol. The smallest absolute Gasteiger partial charge is 0.111 e. The Labute approximate surface area is 118 Å². The molecule has 2 unspecified atom stereocenters. The molecule has 3 nitrogen and oxygen atoms in total. The molecule has 0 amide bonds. The number of aliphatic hydroxyl groups excluding tert-OH is 1. The highest BCUT2D eigenvalue weighted by molar-refractivity contribution is 5.63. The van der Waals surface area contributed by atoms with Gasteiger partial charge in [0, 0.05) is 0 Å². The van der Waals surface area contributed by atoms with Gasteiger partial charge in [-0.3, -0.25) is 0 Å². The van der Waals surface area contributed by atoms with Crippen molar-refractivity contribution in [3.05, 3.63) is 60.2 Å². The van der Waals surface area contributed by atoms with Crippen LogP contribution in [0.5, 0.6) is 0 Å². The van der Waals surface area contributed by atoms with E-state index in [0.29, 0.717) is 19.8 Å². The molecule has 2 aromatic carbocycles. The highest BCUT2D eigenvalue weighted by atomic mass is 16.6. The maximum Gasteiger partial charge on any atom is 0.111 e. The molecule has 0 bridgehead atoms. The lowest BCUT2D eigenvalue weighted by atomic mass is 9.99. The zero-order valence-electron chi connectivity index (χ0n) is 11.2. The molecule has 2 atom stereocenters. The molecule has 1 saturated heterocycles. The van der Waals surface area contributed by atoms with E-state index in [-0.39, 0.29) is 6.10 Å². The number of hydrogen-bond acceptors (Lipinski definition) is 3. The molecular formula is C17H18O3. The van der Waals surface area contributed by atoms with Gasteiger partial charge in [-0.1, -0.05) is 54.6 Å². The van der Waals surface area contributed by atoms with Gasteiger partial charge < -0.3 is 14.6 Å². The summed E-state index contributed by atoms with van der Waals surface area (Å²) < 4.78 is 10.9. The van der Waals surface area contributed by atoms with Gasteiger partial charge in [0.25, 0.3) is 0 Å². The largest absolute Gasteiger partial charge is 0.386 e. The Morgan fingerprint density at radius 2 is 1.60 bits per heavy atom. The summed E-state index contributed by atoms with van der Waals surface area (Å²) >= 11 is 0. The van der Waals surface area contributed by atoms with E-state index in [4.69, 9.17) is 9.47 Å². The van der Waals surface area contributed by atoms with Crippen molar-refractivity contribution < 1.29 is 14.6 Å². The molecule has 3 rings (SSSR count). The van der Waals surface area contributed by atoms with E-state index in [1.165, 1.54) is 5.56 Å². The maximum absolute atomic E-state index is 10.3. The standard InChI is InChI=1S/C17H18O3/c18-17(16-12-19-10-11-20-16)15-8-6-14(7-9-15)13-4-2-1-3-5-13/h1-9,16-18H,10-12H2. The molecule has 0 spiro atoms. The van der Waals surface area contributed by atoms with Crippen molar-refractivity contribution >= 4 is 0 Å². The second kappa shape index (κ2) is 6.18. The highest BCUT2D eigenvalue weighted by Gasteiger charge is 2.24. The van der Waals surface area contributed by atoms with Crippen molar-refractivity contribution in [1.82, 2.24) is 0 Å². The topological polar surface area (TPSA) is 38.7 Å². The maximum atomic E-state index is 10.3. The van der Waals surface area contributed by atoms with Gasteiger partial charge in [0.15, 0.2) is 0 Å². The summed E-state index contributed by atoms with van der Waals surface area (Å²) in [5.41, 5.74) is 3.17. The van der Waals surface area contributed by atoms with Crippen molar-refractivity contribution in [2.45, 2.75) is 12.2 Å². The summed E-state index contributed by atoms with van der Waals surface area (Å²) in [7, 11) is 0. The lowest BCUT2D eigenvalue weighted by Crippen LogP contribution is -2.33. The van der Waals surface area contributed by atoms with E-state index in [1.807, 2.05) is 42.5 Å². The van der Waals surface area contributed by atoms with Gasteiger partial charge >= 0.3 is 0 Å². The first-order chi connectivity index (χ1) is 9.84. The van der Waals surface area contributed by atoms with Crippen LogP contribution >= 0.6 is 0 Å². The Hall–Kier alpha value is -1.68. The van der Waals surface area contributed by atoms with Crippen molar-refractivity contribution in [3.8, 4) is 11.1 Å². The SMILES string of the molecule is OC(c1ccc(-c2ccccc2)cc1)C1COCCO1. The number of rotatable bonds is 3. The Bertz CT molecular complexity index is 530. The summed E-state index contributed by atoms with van der Waals surface area (Å²) in [5, 5.41) is 10.3. The van der Waals surface area contributed by atoms with Gasteiger partial charge in [-0.15, -0.1) is 0 Å². The molecule has 0 saturated carbocycles. The first-order valence-electron chi connectivity index (χ1n) is 6.87. The number of hydrogen-bond donors (Lipinski definition) is 1. The van der Waals surface area contributed by atoms with Crippen molar-refractivity contribution in [1.29, 1.82) is 0 Å². The van der Waals surface area contributed by atoms with Gasteiger partial charge in [0.05, 0.1) is 19.8 Å². The van der Waals surface area contributed by atoms with Crippen LogP contribution in [-0.4, -0.2) is 31.0 Å². The molecule has 2 aromatic rings. The molecule has 1 fully saturated rings. The van der Waals surface area contributed by atoms with E-state index in [2.05, 4.69) is 12.1 Å². The van der Waals surface area contributed by atoms with Gasteiger partial charge in [-0.2, -0.15) is 0 Å². The molecule has 0 aromatic heterocycles. The van der Waals surface area contributed by atoms with Crippen LogP contribution in [-0.2, 0) is 9.47 Å². The molecule has 0 radical (unpaired) electrons. The highest BCUT2D eigenvalue weighted by Crippen LogP contribution is 2.25.